The standard InChI is InChI=1S/C29H29N3/c1-21-11-15-24(16-12-21)26(23-9-7-6-8-10-23)19-28(29(3,4)5)32-20-27(30-31-32)25-17-13-22(2)14-18-25/h6-18,20H,1-5H3. The molecular formula is C29H29N3. The summed E-state index contributed by atoms with van der Waals surface area (Å²) in [5, 5.41) is 8.95. The number of rotatable bonds is 4. The second-order valence-electron chi connectivity index (χ2n) is 9.25. The van der Waals surface area contributed by atoms with Crippen LogP contribution in [-0.4, -0.2) is 15.0 Å². The Labute approximate surface area is 190 Å². The third-order valence-electron chi connectivity index (χ3n) is 5.43. The maximum Gasteiger partial charge on any atom is 0.113 e. The summed E-state index contributed by atoms with van der Waals surface area (Å²) in [5.74, 6) is 0. The maximum atomic E-state index is 4.49. The van der Waals surface area contributed by atoms with Gasteiger partial charge in [-0.3, -0.25) is 0 Å². The summed E-state index contributed by atoms with van der Waals surface area (Å²) in [7, 11) is 0. The summed E-state index contributed by atoms with van der Waals surface area (Å²) in [6.07, 6.45) is 2.00. The lowest BCUT2D eigenvalue weighted by Gasteiger charge is -2.21. The normalized spacial score (nSPS) is 11.2. The minimum absolute atomic E-state index is 0.191. The van der Waals surface area contributed by atoms with Gasteiger partial charge in [-0.25, -0.2) is 4.68 Å². The summed E-state index contributed by atoms with van der Waals surface area (Å²) in [4.78, 5) is 0. The van der Waals surface area contributed by atoms with E-state index in [2.05, 4.69) is 123 Å². The van der Waals surface area contributed by atoms with Crippen LogP contribution in [0, 0.1) is 19.3 Å². The molecule has 0 saturated carbocycles. The molecule has 160 valence electrons. The molecule has 0 aliphatic heterocycles. The highest BCUT2D eigenvalue weighted by atomic mass is 15.4. The zero-order chi connectivity index (χ0) is 22.7. The van der Waals surface area contributed by atoms with Gasteiger partial charge in [0.1, 0.15) is 5.69 Å². The lowest BCUT2D eigenvalue weighted by atomic mass is 9.90. The SMILES string of the molecule is Cc1ccc(C(=C=C(n2cc(-c3ccc(C)cc3)nn2)C(C)(C)C)c2ccccc2)cc1. The van der Waals surface area contributed by atoms with Crippen molar-refractivity contribution in [1.29, 1.82) is 0 Å². The van der Waals surface area contributed by atoms with E-state index in [-0.39, 0.29) is 5.41 Å². The number of hydrogen-bond donors (Lipinski definition) is 0. The quantitative estimate of drug-likeness (QED) is 0.328. The van der Waals surface area contributed by atoms with Crippen LogP contribution in [0.15, 0.2) is 90.8 Å². The summed E-state index contributed by atoms with van der Waals surface area (Å²) in [5.41, 5.74) is 12.2. The molecule has 0 N–H and O–H groups in total. The highest BCUT2D eigenvalue weighted by molar-refractivity contribution is 5.82. The molecule has 0 bridgehead atoms. The van der Waals surface area contributed by atoms with Crippen molar-refractivity contribution in [3.8, 4) is 11.3 Å². The van der Waals surface area contributed by atoms with Crippen LogP contribution in [0.1, 0.15) is 43.0 Å². The van der Waals surface area contributed by atoms with Gasteiger partial charge in [-0.15, -0.1) is 5.10 Å². The van der Waals surface area contributed by atoms with E-state index in [4.69, 9.17) is 0 Å². The predicted molar refractivity (Wildman–Crippen MR) is 133 cm³/mol. The zero-order valence-electron chi connectivity index (χ0n) is 19.4. The molecule has 0 spiro atoms. The summed E-state index contributed by atoms with van der Waals surface area (Å²) < 4.78 is 1.87. The number of aromatic nitrogens is 3. The van der Waals surface area contributed by atoms with Gasteiger partial charge >= 0.3 is 0 Å². The Kier molecular flexibility index (Phi) is 5.94. The van der Waals surface area contributed by atoms with Crippen LogP contribution < -0.4 is 0 Å². The fourth-order valence-corrected chi connectivity index (χ4v) is 3.57. The minimum Gasteiger partial charge on any atom is -0.216 e. The third-order valence-corrected chi connectivity index (χ3v) is 5.43. The fourth-order valence-electron chi connectivity index (χ4n) is 3.57. The summed E-state index contributed by atoms with van der Waals surface area (Å²) in [6, 6.07) is 27.4. The fraction of sp³-hybridized carbons (Fsp3) is 0.207. The van der Waals surface area contributed by atoms with E-state index in [1.807, 2.05) is 16.9 Å². The van der Waals surface area contributed by atoms with E-state index < -0.39 is 0 Å². The van der Waals surface area contributed by atoms with Crippen LogP contribution in [-0.2, 0) is 0 Å². The second kappa shape index (κ2) is 8.82. The Hall–Kier alpha value is -3.68. The van der Waals surface area contributed by atoms with Crippen molar-refractivity contribution < 1.29 is 0 Å². The molecule has 0 amide bonds. The molecule has 0 fully saturated rings. The van der Waals surface area contributed by atoms with E-state index in [0.29, 0.717) is 0 Å². The highest BCUT2D eigenvalue weighted by Gasteiger charge is 2.22. The average Bonchev–Trinajstić information content (AvgIpc) is 3.25. The minimum atomic E-state index is -0.191. The maximum absolute atomic E-state index is 4.49. The monoisotopic (exact) mass is 419 g/mol. The molecule has 0 unspecified atom stereocenters. The Bertz CT molecular complexity index is 1260. The molecular weight excluding hydrogens is 390 g/mol. The largest absolute Gasteiger partial charge is 0.216 e. The van der Waals surface area contributed by atoms with Gasteiger partial charge in [0.25, 0.3) is 0 Å². The molecule has 4 aromatic rings. The first kappa shape index (κ1) is 21.5. The molecule has 3 nitrogen and oxygen atoms in total. The first-order chi connectivity index (χ1) is 15.3. The lowest BCUT2D eigenvalue weighted by Crippen LogP contribution is -2.14. The molecule has 0 atom stereocenters. The molecule has 0 aliphatic carbocycles. The van der Waals surface area contributed by atoms with Gasteiger partial charge in [-0.2, -0.15) is 0 Å². The Balaban J connectivity index is 1.93. The van der Waals surface area contributed by atoms with Crippen molar-refractivity contribution in [1.82, 2.24) is 15.0 Å². The van der Waals surface area contributed by atoms with E-state index >= 15 is 0 Å². The number of nitrogens with zero attached hydrogens (tertiary/aromatic N) is 3. The molecule has 0 radical (unpaired) electrons. The average molecular weight is 420 g/mol. The molecule has 3 heteroatoms. The van der Waals surface area contributed by atoms with Gasteiger partial charge in [0, 0.05) is 16.6 Å². The molecule has 3 aromatic carbocycles. The van der Waals surface area contributed by atoms with Crippen LogP contribution in [0.2, 0.25) is 0 Å². The topological polar surface area (TPSA) is 30.7 Å². The van der Waals surface area contributed by atoms with Crippen molar-refractivity contribution in [3.05, 3.63) is 113 Å². The smallest absolute Gasteiger partial charge is 0.113 e. The second-order valence-corrected chi connectivity index (χ2v) is 9.25. The van der Waals surface area contributed by atoms with Crippen LogP contribution in [0.4, 0.5) is 0 Å². The van der Waals surface area contributed by atoms with Gasteiger partial charge in [0.15, 0.2) is 0 Å². The van der Waals surface area contributed by atoms with Crippen LogP contribution in [0.25, 0.3) is 22.5 Å². The predicted octanol–water partition coefficient (Wildman–Crippen LogP) is 7.18. The summed E-state index contributed by atoms with van der Waals surface area (Å²) in [6.45, 7) is 10.7. The van der Waals surface area contributed by atoms with Gasteiger partial charge < -0.3 is 0 Å². The van der Waals surface area contributed by atoms with Crippen molar-refractivity contribution in [2.45, 2.75) is 34.6 Å². The van der Waals surface area contributed by atoms with Gasteiger partial charge in [-0.05, 0) is 25.0 Å². The first-order valence-electron chi connectivity index (χ1n) is 10.9. The van der Waals surface area contributed by atoms with Crippen LogP contribution >= 0.6 is 0 Å². The van der Waals surface area contributed by atoms with E-state index in [1.165, 1.54) is 11.1 Å². The van der Waals surface area contributed by atoms with Gasteiger partial charge in [0.2, 0.25) is 0 Å². The number of aryl methyl sites for hydroxylation is 2. The van der Waals surface area contributed by atoms with E-state index in [0.717, 1.165) is 33.7 Å². The highest BCUT2D eigenvalue weighted by Crippen LogP contribution is 2.32. The van der Waals surface area contributed by atoms with E-state index in [1.54, 1.807) is 0 Å². The number of hydrogen-bond acceptors (Lipinski definition) is 2. The Morgan fingerprint density at radius 3 is 1.91 bits per heavy atom. The number of benzene rings is 3. The van der Waals surface area contributed by atoms with Gasteiger partial charge in [0.05, 0.1) is 11.9 Å². The zero-order valence-corrected chi connectivity index (χ0v) is 19.4. The third kappa shape index (κ3) is 4.80. The molecule has 4 rings (SSSR count). The molecule has 32 heavy (non-hydrogen) atoms. The number of allylic oxidation sites excluding steroid dienone is 1. The van der Waals surface area contributed by atoms with E-state index in [9.17, 15) is 0 Å². The molecule has 0 saturated heterocycles. The summed E-state index contributed by atoms with van der Waals surface area (Å²) >= 11 is 0. The van der Waals surface area contributed by atoms with Crippen molar-refractivity contribution in [2.75, 3.05) is 0 Å². The molecule has 1 heterocycles. The van der Waals surface area contributed by atoms with Crippen molar-refractivity contribution >= 4 is 11.3 Å². The Morgan fingerprint density at radius 1 is 0.750 bits per heavy atom. The van der Waals surface area contributed by atoms with Crippen molar-refractivity contribution in [2.24, 2.45) is 5.41 Å². The lowest BCUT2D eigenvalue weighted by molar-refractivity contribution is 0.523. The molecule has 1 aromatic heterocycles. The molecule has 0 aliphatic rings. The van der Waals surface area contributed by atoms with Crippen LogP contribution in [0.3, 0.4) is 0 Å². The first-order valence-corrected chi connectivity index (χ1v) is 10.9. The Morgan fingerprint density at radius 2 is 1.31 bits per heavy atom. The van der Waals surface area contributed by atoms with Crippen LogP contribution in [0.5, 0.6) is 0 Å². The van der Waals surface area contributed by atoms with Gasteiger partial charge in [-0.1, -0.05) is 122 Å². The van der Waals surface area contributed by atoms with Crippen molar-refractivity contribution in [3.63, 3.8) is 0 Å².